The Morgan fingerprint density at radius 2 is 1.48 bits per heavy atom. The van der Waals surface area contributed by atoms with E-state index >= 15 is 0 Å². The van der Waals surface area contributed by atoms with Crippen molar-refractivity contribution in [2.45, 2.75) is 22.9 Å². The van der Waals surface area contributed by atoms with Gasteiger partial charge in [-0.25, -0.2) is 16.8 Å². The number of nitrogens with zero attached hydrogens (tertiary/aromatic N) is 3. The summed E-state index contributed by atoms with van der Waals surface area (Å²) in [5.41, 5.74) is -0.748. The van der Waals surface area contributed by atoms with Gasteiger partial charge < -0.3 is 4.90 Å². The minimum atomic E-state index is -4.79. The number of anilines is 1. The van der Waals surface area contributed by atoms with Gasteiger partial charge in [0.1, 0.15) is 6.54 Å². The minimum Gasteiger partial charge on any atom is -0.338 e. The van der Waals surface area contributed by atoms with Gasteiger partial charge in [0.2, 0.25) is 15.9 Å². The molecule has 0 unspecified atom stereocenters. The molecule has 1 aliphatic rings. The first kappa shape index (κ1) is 29.8. The van der Waals surface area contributed by atoms with Crippen molar-refractivity contribution < 1.29 is 34.8 Å². The summed E-state index contributed by atoms with van der Waals surface area (Å²) in [6.07, 6.45) is -4.79. The van der Waals surface area contributed by atoms with E-state index in [2.05, 4.69) is 0 Å². The monoisotopic (exact) mass is 615 g/mol. The average Bonchev–Trinajstić information content (AvgIpc) is 2.92. The number of alkyl halides is 3. The summed E-state index contributed by atoms with van der Waals surface area (Å²) in [5, 5.41) is -0.297. The smallest absolute Gasteiger partial charge is 0.338 e. The number of rotatable bonds is 7. The molecule has 14 heteroatoms. The van der Waals surface area contributed by atoms with Gasteiger partial charge in [0.15, 0.2) is 0 Å². The SMILES string of the molecule is Cc1ccc(S(=O)(=O)N2CCN(C(=O)CN(c3cc(C(F)(F)F)ccc3Cl)S(=O)(=O)c3ccccc3)CC2)cc1. The van der Waals surface area contributed by atoms with E-state index < -0.39 is 49.9 Å². The van der Waals surface area contributed by atoms with E-state index in [1.807, 2.05) is 6.92 Å². The maximum atomic E-state index is 13.6. The maximum Gasteiger partial charge on any atom is 0.416 e. The summed E-state index contributed by atoms with van der Waals surface area (Å²) in [6, 6.07) is 15.5. The van der Waals surface area contributed by atoms with E-state index in [1.54, 1.807) is 18.2 Å². The quantitative estimate of drug-likeness (QED) is 0.393. The second kappa shape index (κ2) is 11.4. The van der Waals surface area contributed by atoms with Gasteiger partial charge in [-0.15, -0.1) is 0 Å². The molecular formula is C26H25ClF3N3O5S2. The Labute approximate surface area is 235 Å². The van der Waals surface area contributed by atoms with Crippen LogP contribution in [0, 0.1) is 6.92 Å². The first-order valence-electron chi connectivity index (χ1n) is 12.0. The van der Waals surface area contributed by atoms with Crippen molar-refractivity contribution in [3.8, 4) is 0 Å². The zero-order chi connectivity index (χ0) is 29.3. The van der Waals surface area contributed by atoms with Gasteiger partial charge in [0, 0.05) is 26.2 Å². The average molecular weight is 616 g/mol. The second-order valence-electron chi connectivity index (χ2n) is 9.09. The van der Waals surface area contributed by atoms with Crippen LogP contribution in [0.5, 0.6) is 0 Å². The number of sulfonamides is 2. The Morgan fingerprint density at radius 1 is 0.875 bits per heavy atom. The van der Waals surface area contributed by atoms with E-state index in [0.717, 1.165) is 11.6 Å². The molecule has 3 aromatic carbocycles. The first-order chi connectivity index (χ1) is 18.7. The topological polar surface area (TPSA) is 95.1 Å². The molecule has 1 saturated heterocycles. The molecule has 3 aromatic rings. The van der Waals surface area contributed by atoms with Crippen LogP contribution in [-0.2, 0) is 31.0 Å². The summed E-state index contributed by atoms with van der Waals surface area (Å²) >= 11 is 6.17. The summed E-state index contributed by atoms with van der Waals surface area (Å²) in [4.78, 5) is 14.4. The molecule has 0 aromatic heterocycles. The van der Waals surface area contributed by atoms with E-state index in [9.17, 15) is 34.8 Å². The number of benzene rings is 3. The van der Waals surface area contributed by atoms with Crippen molar-refractivity contribution >= 4 is 43.2 Å². The lowest BCUT2D eigenvalue weighted by Crippen LogP contribution is -2.53. The molecular weight excluding hydrogens is 591 g/mol. The van der Waals surface area contributed by atoms with Gasteiger partial charge >= 0.3 is 6.18 Å². The molecule has 1 heterocycles. The lowest BCUT2D eigenvalue weighted by Gasteiger charge is -2.35. The first-order valence-corrected chi connectivity index (χ1v) is 15.3. The predicted octanol–water partition coefficient (Wildman–Crippen LogP) is 4.40. The number of carbonyl (C=O) groups is 1. The molecule has 0 bridgehead atoms. The highest BCUT2D eigenvalue weighted by Gasteiger charge is 2.36. The minimum absolute atomic E-state index is 0.0422. The van der Waals surface area contributed by atoms with E-state index in [0.29, 0.717) is 16.4 Å². The highest BCUT2D eigenvalue weighted by atomic mass is 35.5. The molecule has 0 atom stereocenters. The highest BCUT2D eigenvalue weighted by Crippen LogP contribution is 2.37. The molecule has 1 amide bonds. The molecule has 1 aliphatic heterocycles. The summed E-state index contributed by atoms with van der Waals surface area (Å²) in [7, 11) is -8.33. The van der Waals surface area contributed by atoms with Crippen molar-refractivity contribution in [3.63, 3.8) is 0 Å². The Morgan fingerprint density at radius 3 is 2.05 bits per heavy atom. The number of hydrogen-bond donors (Lipinski definition) is 0. The number of piperazine rings is 1. The standard InChI is InChI=1S/C26H25ClF3N3O5S2/c1-19-7-10-22(11-8-19)39(35,36)32-15-13-31(14-16-32)25(34)18-33(40(37,38)21-5-3-2-4-6-21)24-17-20(26(28,29)30)9-12-23(24)27/h2-12,17H,13-16,18H2,1H3. The maximum absolute atomic E-state index is 13.6. The number of hydrogen-bond acceptors (Lipinski definition) is 5. The highest BCUT2D eigenvalue weighted by molar-refractivity contribution is 7.93. The summed E-state index contributed by atoms with van der Waals surface area (Å²) < 4.78 is 95.3. The summed E-state index contributed by atoms with van der Waals surface area (Å²) in [5.74, 6) is -0.722. The number of aryl methyl sites for hydroxylation is 1. The Hall–Kier alpha value is -3.13. The van der Waals surface area contributed by atoms with Crippen LogP contribution in [0.4, 0.5) is 18.9 Å². The van der Waals surface area contributed by atoms with Crippen molar-refractivity contribution in [2.75, 3.05) is 37.0 Å². The van der Waals surface area contributed by atoms with Crippen LogP contribution in [0.3, 0.4) is 0 Å². The van der Waals surface area contributed by atoms with E-state index in [-0.39, 0.29) is 41.0 Å². The van der Waals surface area contributed by atoms with Gasteiger partial charge in [-0.2, -0.15) is 17.5 Å². The van der Waals surface area contributed by atoms with Crippen LogP contribution in [0.2, 0.25) is 5.02 Å². The Bertz CT molecular complexity index is 1590. The number of halogens is 4. The van der Waals surface area contributed by atoms with Crippen LogP contribution in [0.1, 0.15) is 11.1 Å². The molecule has 8 nitrogen and oxygen atoms in total. The molecule has 0 aliphatic carbocycles. The zero-order valence-corrected chi connectivity index (χ0v) is 23.6. The third-order valence-corrected chi connectivity index (χ3v) is 10.4. The van der Waals surface area contributed by atoms with E-state index in [1.165, 1.54) is 45.6 Å². The number of amides is 1. The molecule has 0 radical (unpaired) electrons. The fourth-order valence-electron chi connectivity index (χ4n) is 4.16. The van der Waals surface area contributed by atoms with Gasteiger partial charge in [-0.3, -0.25) is 9.10 Å². The van der Waals surface area contributed by atoms with Crippen LogP contribution < -0.4 is 4.31 Å². The largest absolute Gasteiger partial charge is 0.416 e. The molecule has 0 N–H and O–H groups in total. The lowest BCUT2D eigenvalue weighted by atomic mass is 10.2. The van der Waals surface area contributed by atoms with Crippen molar-refractivity contribution in [1.29, 1.82) is 0 Å². The van der Waals surface area contributed by atoms with Crippen LogP contribution in [0.25, 0.3) is 0 Å². The van der Waals surface area contributed by atoms with E-state index in [4.69, 9.17) is 11.6 Å². The Balaban J connectivity index is 1.60. The molecule has 0 saturated carbocycles. The zero-order valence-electron chi connectivity index (χ0n) is 21.2. The normalized spacial score (nSPS) is 15.2. The Kier molecular flexibility index (Phi) is 8.50. The third kappa shape index (κ3) is 6.27. The fraction of sp³-hybridized carbons (Fsp3) is 0.269. The van der Waals surface area contributed by atoms with Crippen LogP contribution in [-0.4, -0.2) is 64.7 Å². The van der Waals surface area contributed by atoms with Gasteiger partial charge in [-0.05, 0) is 49.4 Å². The number of carbonyl (C=O) groups excluding carboxylic acids is 1. The third-order valence-electron chi connectivity index (χ3n) is 6.40. The van der Waals surface area contributed by atoms with Crippen molar-refractivity contribution in [1.82, 2.24) is 9.21 Å². The molecule has 1 fully saturated rings. The molecule has 0 spiro atoms. The predicted molar refractivity (Wildman–Crippen MR) is 144 cm³/mol. The molecule has 40 heavy (non-hydrogen) atoms. The van der Waals surface area contributed by atoms with Gasteiger partial charge in [0.25, 0.3) is 10.0 Å². The molecule has 214 valence electrons. The fourth-order valence-corrected chi connectivity index (χ4v) is 7.30. The summed E-state index contributed by atoms with van der Waals surface area (Å²) in [6.45, 7) is 0.811. The van der Waals surface area contributed by atoms with Gasteiger partial charge in [-0.1, -0.05) is 47.5 Å². The van der Waals surface area contributed by atoms with Crippen molar-refractivity contribution in [2.24, 2.45) is 0 Å². The van der Waals surface area contributed by atoms with Crippen LogP contribution in [0.15, 0.2) is 82.6 Å². The molecule has 4 rings (SSSR count). The van der Waals surface area contributed by atoms with Gasteiger partial charge in [0.05, 0.1) is 26.1 Å². The lowest BCUT2D eigenvalue weighted by molar-refractivity contribution is -0.137. The second-order valence-corrected chi connectivity index (χ2v) is 13.3. The van der Waals surface area contributed by atoms with Crippen LogP contribution >= 0.6 is 11.6 Å². The van der Waals surface area contributed by atoms with Crippen molar-refractivity contribution in [3.05, 3.63) is 88.9 Å².